The van der Waals surface area contributed by atoms with Crippen LogP contribution in [0.3, 0.4) is 0 Å². The van der Waals surface area contributed by atoms with E-state index in [-0.39, 0.29) is 74.8 Å². The average Bonchev–Trinajstić information content (AvgIpc) is 3.65. The minimum atomic E-state index is -4.22. The molecule has 2 saturated heterocycles. The summed E-state index contributed by atoms with van der Waals surface area (Å²) in [6.45, 7) is 7.14. The molecule has 52 heavy (non-hydrogen) atoms. The van der Waals surface area contributed by atoms with Crippen LogP contribution >= 0.6 is 0 Å². The number of hydrogen-bond donors (Lipinski definition) is 2. The number of rotatable bonds is 4. The highest BCUT2D eigenvalue weighted by molar-refractivity contribution is 5.95. The van der Waals surface area contributed by atoms with E-state index in [4.69, 9.17) is 0 Å². The lowest BCUT2D eigenvalue weighted by Crippen LogP contribution is -2.42. The number of piperidine rings is 2. The van der Waals surface area contributed by atoms with Gasteiger partial charge in [0.25, 0.3) is 11.8 Å². The summed E-state index contributed by atoms with van der Waals surface area (Å²) in [4.78, 5) is 56.7. The lowest BCUT2D eigenvalue weighted by molar-refractivity contribution is -0.184. The van der Waals surface area contributed by atoms with Crippen LogP contribution in [-0.4, -0.2) is 89.7 Å². The van der Waals surface area contributed by atoms with Gasteiger partial charge in [-0.2, -0.15) is 36.5 Å². The molecule has 0 aromatic carbocycles. The molecular formula is C34H38F6N8O4. The molecule has 0 aliphatic carbocycles. The predicted molar refractivity (Wildman–Crippen MR) is 177 cm³/mol. The number of alkyl halides is 6. The molecule has 0 saturated carbocycles. The van der Waals surface area contributed by atoms with Crippen molar-refractivity contribution < 1.29 is 35.9 Å². The van der Waals surface area contributed by atoms with E-state index in [0.717, 1.165) is 11.1 Å². The Morgan fingerprint density at radius 1 is 0.692 bits per heavy atom. The number of aryl methyl sites for hydroxylation is 3. The maximum Gasteiger partial charge on any atom is 0.391 e. The standard InChI is InChI=1S/2C17H19F3N4O2/c1-10-7-14(21-15(25)8-10)24-9-13(11(2)22-24)16(26)23-5-3-12(4-6-23)17(18,19)20;1-10-7-14(22-15(25)8-10)24-11(2)13(9-21-24)16(26)23-5-3-12(4-6-23)17(18,19)20/h7-9,12H,3-6H2,1-2H3,(H,21,25);7-9,12H,3-6H2,1-2H3,(H,22,25). The highest BCUT2D eigenvalue weighted by Gasteiger charge is 2.43. The van der Waals surface area contributed by atoms with E-state index >= 15 is 0 Å². The number of nitrogens with zero attached hydrogens (tertiary/aromatic N) is 6. The number of likely N-dealkylation sites (tertiary alicyclic amines) is 2. The summed E-state index contributed by atoms with van der Waals surface area (Å²) in [7, 11) is 0. The second kappa shape index (κ2) is 14.8. The number of aromatic nitrogens is 6. The molecule has 4 aromatic rings. The first-order valence-electron chi connectivity index (χ1n) is 16.6. The molecule has 4 aromatic heterocycles. The molecule has 0 radical (unpaired) electrons. The molecular weight excluding hydrogens is 698 g/mol. The first-order valence-corrected chi connectivity index (χ1v) is 16.6. The van der Waals surface area contributed by atoms with Crippen LogP contribution in [0.1, 0.15) is 68.9 Å². The summed E-state index contributed by atoms with van der Waals surface area (Å²) in [6.07, 6.45) is -5.91. The minimum absolute atomic E-state index is 0.0644. The molecule has 0 atom stereocenters. The van der Waals surface area contributed by atoms with Gasteiger partial charge >= 0.3 is 12.4 Å². The van der Waals surface area contributed by atoms with Gasteiger partial charge in [-0.15, -0.1) is 0 Å². The Morgan fingerprint density at radius 2 is 1.13 bits per heavy atom. The zero-order valence-electron chi connectivity index (χ0n) is 28.9. The highest BCUT2D eigenvalue weighted by atomic mass is 19.4. The van der Waals surface area contributed by atoms with Crippen molar-refractivity contribution in [2.75, 3.05) is 26.2 Å². The van der Waals surface area contributed by atoms with Crippen LogP contribution in [0, 0.1) is 39.5 Å². The molecule has 0 bridgehead atoms. The fraction of sp³-hybridized carbons (Fsp3) is 0.471. The molecule has 0 spiro atoms. The number of carbonyl (C=O) groups excluding carboxylic acids is 2. The van der Waals surface area contributed by atoms with Crippen molar-refractivity contribution in [3.8, 4) is 11.6 Å². The second-order valence-corrected chi connectivity index (χ2v) is 13.2. The molecule has 12 nitrogen and oxygen atoms in total. The summed E-state index contributed by atoms with van der Waals surface area (Å²) in [5, 5.41) is 8.41. The van der Waals surface area contributed by atoms with E-state index in [0.29, 0.717) is 34.2 Å². The predicted octanol–water partition coefficient (Wildman–Crippen LogP) is 5.18. The van der Waals surface area contributed by atoms with Crippen LogP contribution in [0.25, 0.3) is 11.6 Å². The number of nitrogens with one attached hydrogen (secondary N) is 2. The van der Waals surface area contributed by atoms with Crippen molar-refractivity contribution in [1.82, 2.24) is 39.3 Å². The minimum Gasteiger partial charge on any atom is -0.339 e. The van der Waals surface area contributed by atoms with Gasteiger partial charge < -0.3 is 19.8 Å². The number of hydrogen-bond acceptors (Lipinski definition) is 6. The molecule has 18 heteroatoms. The zero-order chi connectivity index (χ0) is 38.1. The van der Waals surface area contributed by atoms with Gasteiger partial charge in [-0.05, 0) is 76.6 Å². The summed E-state index contributed by atoms with van der Waals surface area (Å²) < 4.78 is 79.5. The Balaban J connectivity index is 0.000000201. The number of amides is 2. The van der Waals surface area contributed by atoms with Gasteiger partial charge in [0, 0.05) is 44.5 Å². The van der Waals surface area contributed by atoms with E-state index in [2.05, 4.69) is 20.2 Å². The molecule has 280 valence electrons. The third kappa shape index (κ3) is 8.65. The molecule has 6 rings (SSSR count). The zero-order valence-corrected chi connectivity index (χ0v) is 28.9. The van der Waals surface area contributed by atoms with Gasteiger partial charge in [-0.3, -0.25) is 19.2 Å². The third-order valence-electron chi connectivity index (χ3n) is 9.28. The Hall–Kier alpha value is -5.16. The van der Waals surface area contributed by atoms with Crippen molar-refractivity contribution in [2.45, 2.75) is 65.7 Å². The van der Waals surface area contributed by atoms with Gasteiger partial charge in [-0.1, -0.05) is 0 Å². The molecule has 0 unspecified atom stereocenters. The van der Waals surface area contributed by atoms with Gasteiger partial charge in [0.05, 0.1) is 40.5 Å². The summed E-state index contributed by atoms with van der Waals surface area (Å²) in [5.74, 6) is -2.54. The Labute approximate surface area is 293 Å². The maximum atomic E-state index is 12.8. The molecule has 2 aliphatic heterocycles. The summed E-state index contributed by atoms with van der Waals surface area (Å²) in [5.41, 5.74) is 2.55. The summed E-state index contributed by atoms with van der Waals surface area (Å²) in [6, 6.07) is 6.33. The van der Waals surface area contributed by atoms with Crippen molar-refractivity contribution >= 4 is 11.8 Å². The van der Waals surface area contributed by atoms with Crippen LogP contribution < -0.4 is 11.1 Å². The van der Waals surface area contributed by atoms with E-state index in [1.54, 1.807) is 39.8 Å². The van der Waals surface area contributed by atoms with Gasteiger partial charge in [0.1, 0.15) is 11.6 Å². The highest BCUT2D eigenvalue weighted by Crippen LogP contribution is 2.35. The first-order chi connectivity index (χ1) is 24.3. The lowest BCUT2D eigenvalue weighted by Gasteiger charge is -2.32. The van der Waals surface area contributed by atoms with Crippen molar-refractivity contribution in [2.24, 2.45) is 11.8 Å². The van der Waals surface area contributed by atoms with Gasteiger partial charge in [0.15, 0.2) is 0 Å². The smallest absolute Gasteiger partial charge is 0.339 e. The molecule has 2 aliphatic rings. The maximum absolute atomic E-state index is 12.8. The van der Waals surface area contributed by atoms with E-state index in [9.17, 15) is 45.5 Å². The lowest BCUT2D eigenvalue weighted by atomic mass is 9.96. The number of carbonyl (C=O) groups is 2. The van der Waals surface area contributed by atoms with E-state index < -0.39 is 24.2 Å². The van der Waals surface area contributed by atoms with Crippen LogP contribution in [-0.2, 0) is 0 Å². The number of H-pyrrole nitrogens is 2. The Bertz CT molecular complexity index is 2000. The molecule has 2 amide bonds. The normalized spacial score (nSPS) is 16.1. The largest absolute Gasteiger partial charge is 0.391 e. The van der Waals surface area contributed by atoms with Crippen LogP contribution in [0.15, 0.2) is 46.2 Å². The fourth-order valence-corrected chi connectivity index (χ4v) is 6.38. The fourth-order valence-electron chi connectivity index (χ4n) is 6.38. The Kier molecular flexibility index (Phi) is 10.9. The van der Waals surface area contributed by atoms with Crippen LogP contribution in [0.4, 0.5) is 26.3 Å². The van der Waals surface area contributed by atoms with Gasteiger partial charge in [-0.25, -0.2) is 9.36 Å². The van der Waals surface area contributed by atoms with Crippen molar-refractivity contribution in [1.29, 1.82) is 0 Å². The molecule has 6 heterocycles. The SMILES string of the molecule is Cc1cc(-n2cc(C(=O)N3CCC(C(F)(F)F)CC3)c(C)n2)[nH]c(=O)c1.Cc1cc(-n2ncc(C(=O)N3CCC(C(F)(F)F)CC3)c2C)[nH]c(=O)c1. The van der Waals surface area contributed by atoms with Crippen molar-refractivity contribution in [3.05, 3.63) is 91.0 Å². The molecule has 2 fully saturated rings. The number of halogens is 6. The monoisotopic (exact) mass is 736 g/mol. The van der Waals surface area contributed by atoms with Crippen LogP contribution in [0.2, 0.25) is 0 Å². The second-order valence-electron chi connectivity index (χ2n) is 13.2. The first kappa shape index (κ1) is 38.1. The Morgan fingerprint density at radius 3 is 1.60 bits per heavy atom. The van der Waals surface area contributed by atoms with Crippen molar-refractivity contribution in [3.63, 3.8) is 0 Å². The van der Waals surface area contributed by atoms with Gasteiger partial charge in [0.2, 0.25) is 11.1 Å². The van der Waals surface area contributed by atoms with Crippen LogP contribution in [0.5, 0.6) is 0 Å². The quantitative estimate of drug-likeness (QED) is 0.277. The van der Waals surface area contributed by atoms with E-state index in [1.807, 2.05) is 0 Å². The molecule has 2 N–H and O–H groups in total. The number of pyridine rings is 2. The topological polar surface area (TPSA) is 142 Å². The van der Waals surface area contributed by atoms with E-state index in [1.165, 1.54) is 43.7 Å². The average molecular weight is 737 g/mol. The summed E-state index contributed by atoms with van der Waals surface area (Å²) >= 11 is 0. The third-order valence-corrected chi connectivity index (χ3v) is 9.28. The number of aromatic amines is 2.